The summed E-state index contributed by atoms with van der Waals surface area (Å²) in [4.78, 5) is 35.3. The second-order valence-electron chi connectivity index (χ2n) is 9.72. The van der Waals surface area contributed by atoms with Crippen molar-refractivity contribution in [2.24, 2.45) is 17.3 Å². The van der Waals surface area contributed by atoms with E-state index in [-0.39, 0.29) is 18.4 Å². The van der Waals surface area contributed by atoms with E-state index < -0.39 is 41.1 Å². The number of allylic oxidation sites excluding steroid dienone is 1. The summed E-state index contributed by atoms with van der Waals surface area (Å²) in [5, 5.41) is 12.0. The molecule has 1 N–H and O–H groups in total. The molecule has 0 radical (unpaired) electrons. The summed E-state index contributed by atoms with van der Waals surface area (Å²) < 4.78 is 16.3. The van der Waals surface area contributed by atoms with Crippen LogP contribution in [-0.4, -0.2) is 47.4 Å². The number of esters is 3. The molecule has 0 bridgehead atoms. The summed E-state index contributed by atoms with van der Waals surface area (Å²) in [5.74, 6) is -1.36. The Balaban J connectivity index is 1.99. The highest BCUT2D eigenvalue weighted by molar-refractivity contribution is 5.85. The molecular formula is C24H34O7. The molecule has 0 unspecified atom stereocenters. The highest BCUT2D eigenvalue weighted by atomic mass is 16.6. The Morgan fingerprint density at radius 3 is 2.61 bits per heavy atom. The zero-order valence-electron chi connectivity index (χ0n) is 19.1. The topological polar surface area (TPSA) is 99.1 Å². The monoisotopic (exact) mass is 434 g/mol. The standard InChI is InChI=1S/C24H34O7/c1-14-7-6-8-20-23(5,12-19(30-16(3)25)18-10-22(27)29-13-18)15(2)9-21(31-17(4)26)24(20,28)11-14/h7,10,15,19-21,28H,6,8-9,11-13H2,1-5H3/t15-,19+,20-,21+,23+,24+/m0/s1. The van der Waals surface area contributed by atoms with Gasteiger partial charge in [0.15, 0.2) is 0 Å². The van der Waals surface area contributed by atoms with Crippen molar-refractivity contribution < 1.29 is 33.7 Å². The number of hydrogen-bond donors (Lipinski definition) is 1. The first-order chi connectivity index (χ1) is 14.5. The summed E-state index contributed by atoms with van der Waals surface area (Å²) in [5.41, 5.74) is 0.0905. The molecule has 0 aromatic carbocycles. The largest absolute Gasteiger partial charge is 0.459 e. The van der Waals surface area contributed by atoms with Crippen molar-refractivity contribution in [3.8, 4) is 0 Å². The van der Waals surface area contributed by atoms with Gasteiger partial charge in [0.25, 0.3) is 0 Å². The molecule has 0 saturated heterocycles. The normalized spacial score (nSPS) is 36.3. The second-order valence-corrected chi connectivity index (χ2v) is 9.72. The van der Waals surface area contributed by atoms with Crippen LogP contribution in [-0.2, 0) is 28.6 Å². The molecule has 31 heavy (non-hydrogen) atoms. The summed E-state index contributed by atoms with van der Waals surface area (Å²) in [6, 6.07) is 0. The number of carbonyl (C=O) groups is 3. The van der Waals surface area contributed by atoms with Crippen LogP contribution in [0.1, 0.15) is 66.7 Å². The van der Waals surface area contributed by atoms with Gasteiger partial charge in [-0.05, 0) is 49.9 Å². The molecule has 7 heteroatoms. The van der Waals surface area contributed by atoms with E-state index in [2.05, 4.69) is 19.9 Å². The molecule has 3 rings (SSSR count). The van der Waals surface area contributed by atoms with Crippen molar-refractivity contribution in [1.82, 2.24) is 0 Å². The van der Waals surface area contributed by atoms with Crippen LogP contribution in [0.2, 0.25) is 0 Å². The number of carbonyl (C=O) groups excluding carboxylic acids is 3. The first-order valence-electron chi connectivity index (χ1n) is 11.1. The zero-order valence-corrected chi connectivity index (χ0v) is 19.1. The minimum atomic E-state index is -1.21. The fraction of sp³-hybridized carbons (Fsp3) is 0.708. The van der Waals surface area contributed by atoms with Gasteiger partial charge in [0.2, 0.25) is 0 Å². The van der Waals surface area contributed by atoms with Gasteiger partial charge in [0, 0.05) is 31.9 Å². The van der Waals surface area contributed by atoms with Crippen molar-refractivity contribution in [3.63, 3.8) is 0 Å². The quantitative estimate of drug-likeness (QED) is 0.403. The Morgan fingerprint density at radius 1 is 1.32 bits per heavy atom. The zero-order chi connectivity index (χ0) is 23.0. The molecule has 0 spiro atoms. The maximum Gasteiger partial charge on any atom is 0.331 e. The molecule has 3 aliphatic rings. The third-order valence-electron chi connectivity index (χ3n) is 7.50. The van der Waals surface area contributed by atoms with E-state index in [9.17, 15) is 19.5 Å². The molecule has 6 atom stereocenters. The van der Waals surface area contributed by atoms with Gasteiger partial charge in [0.1, 0.15) is 24.4 Å². The van der Waals surface area contributed by atoms with Crippen LogP contribution in [0.3, 0.4) is 0 Å². The minimum absolute atomic E-state index is 0.0808. The lowest BCUT2D eigenvalue weighted by Crippen LogP contribution is -2.62. The Kier molecular flexibility index (Phi) is 6.65. The van der Waals surface area contributed by atoms with Gasteiger partial charge in [-0.15, -0.1) is 0 Å². The van der Waals surface area contributed by atoms with Gasteiger partial charge in [-0.2, -0.15) is 0 Å². The highest BCUT2D eigenvalue weighted by Gasteiger charge is 2.60. The lowest BCUT2D eigenvalue weighted by atomic mass is 9.51. The van der Waals surface area contributed by atoms with E-state index >= 15 is 0 Å². The number of ether oxygens (including phenoxy) is 3. The number of fused-ring (bicyclic) bond motifs is 1. The van der Waals surface area contributed by atoms with E-state index in [0.29, 0.717) is 24.8 Å². The van der Waals surface area contributed by atoms with Crippen molar-refractivity contribution in [2.75, 3.05) is 6.61 Å². The molecule has 7 nitrogen and oxygen atoms in total. The molecule has 1 saturated carbocycles. The average molecular weight is 435 g/mol. The predicted molar refractivity (Wildman–Crippen MR) is 113 cm³/mol. The van der Waals surface area contributed by atoms with Gasteiger partial charge in [-0.1, -0.05) is 25.5 Å². The van der Waals surface area contributed by atoms with Crippen molar-refractivity contribution in [2.45, 2.75) is 84.5 Å². The van der Waals surface area contributed by atoms with E-state index in [1.54, 1.807) is 0 Å². The molecule has 0 amide bonds. The third-order valence-corrected chi connectivity index (χ3v) is 7.50. The Hall–Kier alpha value is -2.15. The average Bonchev–Trinajstić information content (AvgIpc) is 3.01. The Labute approximate surface area is 183 Å². The summed E-state index contributed by atoms with van der Waals surface area (Å²) in [6.45, 7) is 9.03. The van der Waals surface area contributed by atoms with Gasteiger partial charge < -0.3 is 19.3 Å². The van der Waals surface area contributed by atoms with E-state index in [1.807, 2.05) is 6.92 Å². The van der Waals surface area contributed by atoms with Crippen LogP contribution in [0, 0.1) is 17.3 Å². The van der Waals surface area contributed by atoms with Crippen molar-refractivity contribution in [1.29, 1.82) is 0 Å². The van der Waals surface area contributed by atoms with E-state index in [4.69, 9.17) is 14.2 Å². The molecule has 2 aliphatic carbocycles. The smallest absolute Gasteiger partial charge is 0.331 e. The third kappa shape index (κ3) is 4.71. The molecule has 1 heterocycles. The number of hydrogen-bond acceptors (Lipinski definition) is 7. The first kappa shape index (κ1) is 23.5. The SMILES string of the molecule is CC(=O)O[C@H](C[C@]1(C)[C@@H](C)C[C@@H](OC(C)=O)[C@@]2(O)CC(C)=CCC[C@@H]12)C1=CC(=O)OC1. The van der Waals surface area contributed by atoms with Gasteiger partial charge in [0.05, 0.1) is 0 Å². The molecule has 0 aromatic rings. The molecular weight excluding hydrogens is 400 g/mol. The van der Waals surface area contributed by atoms with Crippen LogP contribution < -0.4 is 0 Å². The van der Waals surface area contributed by atoms with Crippen LogP contribution in [0.15, 0.2) is 23.3 Å². The second kappa shape index (κ2) is 8.77. The number of aliphatic hydroxyl groups is 1. The lowest BCUT2D eigenvalue weighted by Gasteiger charge is -2.57. The van der Waals surface area contributed by atoms with Crippen molar-refractivity contribution >= 4 is 17.9 Å². The van der Waals surface area contributed by atoms with Gasteiger partial charge >= 0.3 is 17.9 Å². The summed E-state index contributed by atoms with van der Waals surface area (Å²) in [6.07, 6.45) is 5.28. The van der Waals surface area contributed by atoms with Gasteiger partial charge in [-0.3, -0.25) is 9.59 Å². The minimum Gasteiger partial charge on any atom is -0.459 e. The predicted octanol–water partition coefficient (Wildman–Crippen LogP) is 3.25. The van der Waals surface area contributed by atoms with Gasteiger partial charge in [-0.25, -0.2) is 4.79 Å². The number of cyclic esters (lactones) is 1. The fourth-order valence-corrected chi connectivity index (χ4v) is 5.88. The van der Waals surface area contributed by atoms with Crippen LogP contribution in [0.25, 0.3) is 0 Å². The Bertz CT molecular complexity index is 813. The first-order valence-corrected chi connectivity index (χ1v) is 11.1. The fourth-order valence-electron chi connectivity index (χ4n) is 5.88. The maximum absolute atomic E-state index is 12.0. The Morgan fingerprint density at radius 2 is 2.03 bits per heavy atom. The number of rotatable bonds is 5. The maximum atomic E-state index is 12.0. The van der Waals surface area contributed by atoms with E-state index in [0.717, 1.165) is 18.4 Å². The van der Waals surface area contributed by atoms with Crippen molar-refractivity contribution in [3.05, 3.63) is 23.3 Å². The molecule has 172 valence electrons. The molecule has 1 fully saturated rings. The lowest BCUT2D eigenvalue weighted by molar-refractivity contribution is -0.218. The summed E-state index contributed by atoms with van der Waals surface area (Å²) in [7, 11) is 0. The van der Waals surface area contributed by atoms with Crippen LogP contribution in [0.5, 0.6) is 0 Å². The molecule has 1 aliphatic heterocycles. The van der Waals surface area contributed by atoms with Crippen LogP contribution >= 0.6 is 0 Å². The van der Waals surface area contributed by atoms with E-state index in [1.165, 1.54) is 19.9 Å². The van der Waals surface area contributed by atoms with Crippen LogP contribution in [0.4, 0.5) is 0 Å². The summed E-state index contributed by atoms with van der Waals surface area (Å²) >= 11 is 0. The highest BCUT2D eigenvalue weighted by Crippen LogP contribution is 2.58. The molecule has 0 aromatic heterocycles.